The van der Waals surface area contributed by atoms with E-state index in [0.717, 1.165) is 11.1 Å². The van der Waals surface area contributed by atoms with E-state index >= 15 is 0 Å². The van der Waals surface area contributed by atoms with Gasteiger partial charge in [-0.2, -0.15) is 4.31 Å². The minimum atomic E-state index is -3.46. The molecule has 1 unspecified atom stereocenters. The van der Waals surface area contributed by atoms with E-state index in [1.165, 1.54) is 4.31 Å². The summed E-state index contributed by atoms with van der Waals surface area (Å²) in [6.07, 6.45) is 0.915. The predicted octanol–water partition coefficient (Wildman–Crippen LogP) is 4.52. The van der Waals surface area contributed by atoms with E-state index in [0.29, 0.717) is 31.0 Å². The van der Waals surface area contributed by atoms with Crippen LogP contribution in [0.3, 0.4) is 0 Å². The first-order chi connectivity index (χ1) is 13.7. The highest BCUT2D eigenvalue weighted by atomic mass is 35.5. The number of rotatable bonds is 9. The molecule has 2 aromatic rings. The van der Waals surface area contributed by atoms with Crippen LogP contribution in [0, 0.1) is 0 Å². The van der Waals surface area contributed by atoms with E-state index in [-0.39, 0.29) is 16.8 Å². The van der Waals surface area contributed by atoms with Crippen molar-refractivity contribution in [2.45, 2.75) is 44.6 Å². The van der Waals surface area contributed by atoms with E-state index < -0.39 is 10.0 Å². The Balaban J connectivity index is 1.98. The van der Waals surface area contributed by atoms with Crippen LogP contribution >= 0.6 is 11.6 Å². The van der Waals surface area contributed by atoms with Crippen molar-refractivity contribution >= 4 is 27.5 Å². The first-order valence-corrected chi connectivity index (χ1v) is 11.6. The number of amides is 1. The zero-order valence-electron chi connectivity index (χ0n) is 17.4. The second kappa shape index (κ2) is 10.2. The standard InChI is InChI=1S/C22H29ClN2O3S/c1-5-25(6-2)29(27,28)21-14-7-18(8-15-21)9-16-22(26)24(4)17(3)19-10-12-20(23)13-11-19/h7-8,10-15,17H,5-6,9,16H2,1-4H3. The van der Waals surface area contributed by atoms with Gasteiger partial charge >= 0.3 is 0 Å². The van der Waals surface area contributed by atoms with Gasteiger partial charge in [0.05, 0.1) is 10.9 Å². The quantitative estimate of drug-likeness (QED) is 0.580. The molecule has 0 aliphatic heterocycles. The van der Waals surface area contributed by atoms with Crippen LogP contribution in [-0.4, -0.2) is 43.7 Å². The number of sulfonamides is 1. The SMILES string of the molecule is CCN(CC)S(=O)(=O)c1ccc(CCC(=O)N(C)C(C)c2ccc(Cl)cc2)cc1. The Kier molecular flexibility index (Phi) is 8.25. The number of halogens is 1. The van der Waals surface area contributed by atoms with Gasteiger partial charge in [0.1, 0.15) is 0 Å². The second-order valence-corrected chi connectivity index (χ2v) is 9.34. The number of benzene rings is 2. The van der Waals surface area contributed by atoms with Gasteiger partial charge in [-0.3, -0.25) is 4.79 Å². The van der Waals surface area contributed by atoms with Crippen LogP contribution in [0.1, 0.15) is 44.4 Å². The Morgan fingerprint density at radius 1 is 1.00 bits per heavy atom. The van der Waals surface area contributed by atoms with Crippen LogP contribution in [-0.2, 0) is 21.2 Å². The monoisotopic (exact) mass is 436 g/mol. The molecule has 0 aliphatic carbocycles. The van der Waals surface area contributed by atoms with Crippen LogP contribution in [0.2, 0.25) is 5.02 Å². The van der Waals surface area contributed by atoms with Crippen molar-refractivity contribution in [3.8, 4) is 0 Å². The molecular formula is C22H29ClN2O3S. The molecule has 0 bridgehead atoms. The lowest BCUT2D eigenvalue weighted by Gasteiger charge is -2.25. The van der Waals surface area contributed by atoms with E-state index in [1.807, 2.05) is 45.0 Å². The van der Waals surface area contributed by atoms with Crippen molar-refractivity contribution in [2.75, 3.05) is 20.1 Å². The molecule has 0 aromatic heterocycles. The third-order valence-corrected chi connectivity index (χ3v) is 7.54. The molecule has 0 heterocycles. The second-order valence-electron chi connectivity index (χ2n) is 6.97. The van der Waals surface area contributed by atoms with E-state index in [4.69, 9.17) is 11.6 Å². The van der Waals surface area contributed by atoms with E-state index in [9.17, 15) is 13.2 Å². The molecule has 0 N–H and O–H groups in total. The lowest BCUT2D eigenvalue weighted by molar-refractivity contribution is -0.131. The first kappa shape index (κ1) is 23.4. The number of carbonyl (C=O) groups excluding carboxylic acids is 1. The molecule has 5 nitrogen and oxygen atoms in total. The topological polar surface area (TPSA) is 57.7 Å². The molecule has 0 spiro atoms. The molecule has 0 fully saturated rings. The molecule has 0 saturated heterocycles. The van der Waals surface area contributed by atoms with Gasteiger partial charge in [-0.15, -0.1) is 0 Å². The predicted molar refractivity (Wildman–Crippen MR) is 118 cm³/mol. The minimum absolute atomic E-state index is 0.0345. The summed E-state index contributed by atoms with van der Waals surface area (Å²) in [6.45, 7) is 6.50. The summed E-state index contributed by atoms with van der Waals surface area (Å²) in [7, 11) is -1.67. The maximum absolute atomic E-state index is 12.6. The summed E-state index contributed by atoms with van der Waals surface area (Å²) in [5, 5.41) is 0.668. The Hall–Kier alpha value is -1.89. The van der Waals surface area contributed by atoms with Crippen LogP contribution in [0.25, 0.3) is 0 Å². The Morgan fingerprint density at radius 2 is 1.55 bits per heavy atom. The van der Waals surface area contributed by atoms with Gasteiger partial charge in [-0.1, -0.05) is 49.7 Å². The molecule has 158 valence electrons. The highest BCUT2D eigenvalue weighted by molar-refractivity contribution is 7.89. The van der Waals surface area contributed by atoms with Crippen molar-refractivity contribution in [3.63, 3.8) is 0 Å². The summed E-state index contributed by atoms with van der Waals surface area (Å²) in [4.78, 5) is 14.6. The van der Waals surface area contributed by atoms with Crippen LogP contribution in [0.15, 0.2) is 53.4 Å². The fraction of sp³-hybridized carbons (Fsp3) is 0.409. The third kappa shape index (κ3) is 5.81. The Bertz CT molecular complexity index is 908. The Labute approximate surface area is 179 Å². The fourth-order valence-corrected chi connectivity index (χ4v) is 4.73. The van der Waals surface area contributed by atoms with E-state index in [2.05, 4.69) is 0 Å². The molecule has 0 saturated carbocycles. The summed E-state index contributed by atoms with van der Waals surface area (Å²) in [5.74, 6) is 0.0345. The van der Waals surface area contributed by atoms with Crippen molar-refractivity contribution in [2.24, 2.45) is 0 Å². The van der Waals surface area contributed by atoms with Crippen LogP contribution in [0.5, 0.6) is 0 Å². The average molecular weight is 437 g/mol. The van der Waals surface area contributed by atoms with Crippen LogP contribution < -0.4 is 0 Å². The highest BCUT2D eigenvalue weighted by Gasteiger charge is 2.21. The van der Waals surface area contributed by atoms with Gasteiger partial charge in [-0.05, 0) is 48.7 Å². The molecule has 0 aliphatic rings. The van der Waals surface area contributed by atoms with Crippen molar-refractivity contribution in [1.29, 1.82) is 0 Å². The summed E-state index contributed by atoms with van der Waals surface area (Å²) >= 11 is 5.93. The largest absolute Gasteiger partial charge is 0.339 e. The summed E-state index contributed by atoms with van der Waals surface area (Å²) < 4.78 is 26.5. The van der Waals surface area contributed by atoms with Gasteiger partial charge in [0.15, 0.2) is 0 Å². The van der Waals surface area contributed by atoms with Gasteiger partial charge in [-0.25, -0.2) is 8.42 Å². The maximum atomic E-state index is 12.6. The zero-order valence-corrected chi connectivity index (χ0v) is 19.0. The molecule has 2 rings (SSSR count). The highest BCUT2D eigenvalue weighted by Crippen LogP contribution is 2.22. The van der Waals surface area contributed by atoms with Crippen LogP contribution in [0.4, 0.5) is 0 Å². The number of hydrogen-bond donors (Lipinski definition) is 0. The normalized spacial score (nSPS) is 12.8. The molecule has 7 heteroatoms. The Morgan fingerprint density at radius 3 is 2.07 bits per heavy atom. The molecule has 1 atom stereocenters. The molecule has 2 aromatic carbocycles. The maximum Gasteiger partial charge on any atom is 0.243 e. The number of hydrogen-bond acceptors (Lipinski definition) is 3. The van der Waals surface area contributed by atoms with Gasteiger partial charge < -0.3 is 4.90 Å². The summed E-state index contributed by atoms with van der Waals surface area (Å²) in [5.41, 5.74) is 1.96. The van der Waals surface area contributed by atoms with Crippen molar-refractivity contribution < 1.29 is 13.2 Å². The lowest BCUT2D eigenvalue weighted by Crippen LogP contribution is -2.30. The number of aryl methyl sites for hydroxylation is 1. The van der Waals surface area contributed by atoms with Gasteiger partial charge in [0.2, 0.25) is 15.9 Å². The van der Waals surface area contributed by atoms with E-state index in [1.54, 1.807) is 36.2 Å². The average Bonchev–Trinajstić information content (AvgIpc) is 2.72. The first-order valence-electron chi connectivity index (χ1n) is 9.80. The molecule has 0 radical (unpaired) electrons. The van der Waals surface area contributed by atoms with Crippen molar-refractivity contribution in [1.82, 2.24) is 9.21 Å². The number of carbonyl (C=O) groups is 1. The fourth-order valence-electron chi connectivity index (χ4n) is 3.15. The minimum Gasteiger partial charge on any atom is -0.339 e. The lowest BCUT2D eigenvalue weighted by atomic mass is 10.1. The smallest absolute Gasteiger partial charge is 0.243 e. The molecule has 29 heavy (non-hydrogen) atoms. The molecular weight excluding hydrogens is 408 g/mol. The summed E-state index contributed by atoms with van der Waals surface area (Å²) in [6, 6.07) is 14.2. The van der Waals surface area contributed by atoms with Gasteiger partial charge in [0, 0.05) is 31.6 Å². The van der Waals surface area contributed by atoms with Gasteiger partial charge in [0.25, 0.3) is 0 Å². The third-order valence-electron chi connectivity index (χ3n) is 5.22. The number of nitrogens with zero attached hydrogens (tertiary/aromatic N) is 2. The van der Waals surface area contributed by atoms with Crippen molar-refractivity contribution in [3.05, 3.63) is 64.7 Å². The molecule has 1 amide bonds. The zero-order chi connectivity index (χ0) is 21.6.